The molecule has 1 aliphatic rings. The topological polar surface area (TPSA) is 69.0 Å². The van der Waals surface area contributed by atoms with Gasteiger partial charge in [-0.25, -0.2) is 9.48 Å². The van der Waals surface area contributed by atoms with Gasteiger partial charge in [0.1, 0.15) is 12.4 Å². The van der Waals surface area contributed by atoms with E-state index in [1.807, 2.05) is 31.2 Å². The zero-order chi connectivity index (χ0) is 15.7. The van der Waals surface area contributed by atoms with Gasteiger partial charge in [0.25, 0.3) is 0 Å². The maximum Gasteiger partial charge on any atom is 0.338 e. The monoisotopic (exact) mass is 362 g/mol. The molecule has 0 radical (unpaired) electrons. The van der Waals surface area contributed by atoms with E-state index in [4.69, 9.17) is 4.74 Å². The van der Waals surface area contributed by atoms with Crippen LogP contribution in [0.3, 0.4) is 0 Å². The van der Waals surface area contributed by atoms with Crippen molar-refractivity contribution >= 4 is 27.8 Å². The van der Waals surface area contributed by atoms with Gasteiger partial charge in [0.15, 0.2) is 0 Å². The van der Waals surface area contributed by atoms with Gasteiger partial charge >= 0.3 is 5.97 Å². The zero-order valence-electron chi connectivity index (χ0n) is 12.2. The van der Waals surface area contributed by atoms with Gasteiger partial charge in [0, 0.05) is 10.2 Å². The Balaban J connectivity index is 2.15. The lowest BCUT2D eigenvalue weighted by Gasteiger charge is -2.28. The SMILES string of the molecule is CCOC(=O)C1=C(C)Nc2ncnn2[C@@H]1c1cccc(Br)c1. The Bertz CT molecular complexity index is 754. The first-order valence-electron chi connectivity index (χ1n) is 6.91. The van der Waals surface area contributed by atoms with E-state index in [0.29, 0.717) is 18.1 Å². The number of rotatable bonds is 3. The first kappa shape index (κ1) is 14.8. The van der Waals surface area contributed by atoms with Gasteiger partial charge in [0.05, 0.1) is 12.2 Å². The highest BCUT2D eigenvalue weighted by Crippen LogP contribution is 2.35. The van der Waals surface area contributed by atoms with Crippen molar-refractivity contribution in [2.45, 2.75) is 19.9 Å². The maximum absolute atomic E-state index is 12.4. The van der Waals surface area contributed by atoms with E-state index in [-0.39, 0.29) is 12.0 Å². The fraction of sp³-hybridized carbons (Fsp3) is 0.267. The molecule has 0 aliphatic carbocycles. The lowest BCUT2D eigenvalue weighted by atomic mass is 9.96. The Morgan fingerprint density at radius 1 is 1.50 bits per heavy atom. The second kappa shape index (κ2) is 5.92. The Labute approximate surface area is 136 Å². The number of ether oxygens (including phenoxy) is 1. The fourth-order valence-corrected chi connectivity index (χ4v) is 2.97. The molecule has 0 unspecified atom stereocenters. The van der Waals surface area contributed by atoms with Gasteiger partial charge < -0.3 is 10.1 Å². The van der Waals surface area contributed by atoms with Crippen molar-refractivity contribution < 1.29 is 9.53 Å². The smallest absolute Gasteiger partial charge is 0.338 e. The molecule has 1 N–H and O–H groups in total. The van der Waals surface area contributed by atoms with E-state index >= 15 is 0 Å². The predicted molar refractivity (Wildman–Crippen MR) is 85.3 cm³/mol. The molecule has 6 nitrogen and oxygen atoms in total. The number of anilines is 1. The molecule has 1 aromatic heterocycles. The predicted octanol–water partition coefficient (Wildman–Crippen LogP) is 2.89. The second-order valence-corrected chi connectivity index (χ2v) is 5.79. The van der Waals surface area contributed by atoms with Gasteiger partial charge in [-0.3, -0.25) is 0 Å². The van der Waals surface area contributed by atoms with Crippen LogP contribution in [0.25, 0.3) is 0 Å². The molecular weight excluding hydrogens is 348 g/mol. The lowest BCUT2D eigenvalue weighted by molar-refractivity contribution is -0.139. The molecule has 1 aliphatic heterocycles. The third-order valence-electron chi connectivity index (χ3n) is 3.45. The third-order valence-corrected chi connectivity index (χ3v) is 3.95. The van der Waals surface area contributed by atoms with Crippen LogP contribution in [0.5, 0.6) is 0 Å². The second-order valence-electron chi connectivity index (χ2n) is 4.87. The summed E-state index contributed by atoms with van der Waals surface area (Å²) in [5.41, 5.74) is 2.20. The van der Waals surface area contributed by atoms with Crippen molar-refractivity contribution in [1.82, 2.24) is 14.8 Å². The minimum Gasteiger partial charge on any atom is -0.463 e. The third kappa shape index (κ3) is 2.52. The molecule has 3 rings (SSSR count). The van der Waals surface area contributed by atoms with E-state index in [2.05, 4.69) is 31.3 Å². The quantitative estimate of drug-likeness (QED) is 0.850. The highest BCUT2D eigenvalue weighted by molar-refractivity contribution is 9.10. The molecule has 22 heavy (non-hydrogen) atoms. The summed E-state index contributed by atoms with van der Waals surface area (Å²) >= 11 is 3.47. The number of hydrogen-bond donors (Lipinski definition) is 1. The van der Waals surface area contributed by atoms with E-state index in [1.165, 1.54) is 6.33 Å². The number of halogens is 1. The molecule has 114 valence electrons. The highest BCUT2D eigenvalue weighted by Gasteiger charge is 2.34. The summed E-state index contributed by atoms with van der Waals surface area (Å²) in [6.07, 6.45) is 1.47. The molecule has 0 saturated heterocycles. The number of nitrogens with zero attached hydrogens (tertiary/aromatic N) is 3. The largest absolute Gasteiger partial charge is 0.463 e. The molecule has 1 atom stereocenters. The van der Waals surface area contributed by atoms with Crippen LogP contribution < -0.4 is 5.32 Å². The molecule has 0 spiro atoms. The van der Waals surface area contributed by atoms with E-state index < -0.39 is 0 Å². The highest BCUT2D eigenvalue weighted by atomic mass is 79.9. The molecular formula is C15H15BrN4O2. The van der Waals surface area contributed by atoms with Gasteiger partial charge in [-0.05, 0) is 31.5 Å². The normalized spacial score (nSPS) is 17.0. The van der Waals surface area contributed by atoms with Crippen LogP contribution in [-0.4, -0.2) is 27.3 Å². The standard InChI is InChI=1S/C15H15BrN4O2/c1-3-22-14(21)12-9(2)19-15-17-8-18-20(15)13(12)10-5-4-6-11(16)7-10/h4-8,13H,3H2,1-2H3,(H,17,18,19)/t13-/m1/s1. The van der Waals surface area contributed by atoms with E-state index in [9.17, 15) is 4.79 Å². The average Bonchev–Trinajstić information content (AvgIpc) is 2.93. The van der Waals surface area contributed by atoms with Crippen LogP contribution >= 0.6 is 15.9 Å². The number of fused-ring (bicyclic) bond motifs is 1. The Morgan fingerprint density at radius 3 is 3.05 bits per heavy atom. The van der Waals surface area contributed by atoms with Crippen LogP contribution in [0.15, 0.2) is 46.3 Å². The number of benzene rings is 1. The summed E-state index contributed by atoms with van der Waals surface area (Å²) in [5.74, 6) is 0.258. The summed E-state index contributed by atoms with van der Waals surface area (Å²) < 4.78 is 7.85. The minimum absolute atomic E-state index is 0.324. The molecule has 1 aromatic carbocycles. The lowest BCUT2D eigenvalue weighted by Crippen LogP contribution is -2.29. The summed E-state index contributed by atoms with van der Waals surface area (Å²) in [6, 6.07) is 7.42. The zero-order valence-corrected chi connectivity index (χ0v) is 13.8. The number of carbonyl (C=O) groups excluding carboxylic acids is 1. The Hall–Kier alpha value is -2.15. The van der Waals surface area contributed by atoms with Crippen molar-refractivity contribution in [3.8, 4) is 0 Å². The molecule has 0 bridgehead atoms. The van der Waals surface area contributed by atoms with Crippen molar-refractivity contribution in [3.63, 3.8) is 0 Å². The Morgan fingerprint density at radius 2 is 2.32 bits per heavy atom. The molecule has 0 saturated carbocycles. The van der Waals surface area contributed by atoms with E-state index in [0.717, 1.165) is 15.7 Å². The summed E-state index contributed by atoms with van der Waals surface area (Å²) in [5, 5.41) is 7.36. The molecule has 2 heterocycles. The maximum atomic E-state index is 12.4. The van der Waals surface area contributed by atoms with E-state index in [1.54, 1.807) is 11.6 Å². The summed E-state index contributed by atoms with van der Waals surface area (Å²) in [4.78, 5) is 16.6. The number of aromatic nitrogens is 3. The number of carbonyl (C=O) groups is 1. The van der Waals surface area contributed by atoms with Crippen molar-refractivity contribution in [2.75, 3.05) is 11.9 Å². The molecule has 2 aromatic rings. The van der Waals surface area contributed by atoms with Crippen LogP contribution in [0.1, 0.15) is 25.5 Å². The number of hydrogen-bond acceptors (Lipinski definition) is 5. The van der Waals surface area contributed by atoms with Gasteiger partial charge in [-0.1, -0.05) is 28.1 Å². The van der Waals surface area contributed by atoms with Crippen LogP contribution in [-0.2, 0) is 9.53 Å². The van der Waals surface area contributed by atoms with Crippen molar-refractivity contribution in [1.29, 1.82) is 0 Å². The first-order chi connectivity index (χ1) is 10.6. The van der Waals surface area contributed by atoms with Crippen LogP contribution in [0.2, 0.25) is 0 Å². The number of nitrogens with one attached hydrogen (secondary N) is 1. The van der Waals surface area contributed by atoms with Crippen LogP contribution in [0, 0.1) is 0 Å². The minimum atomic E-state index is -0.365. The summed E-state index contributed by atoms with van der Waals surface area (Å²) in [7, 11) is 0. The first-order valence-corrected chi connectivity index (χ1v) is 7.71. The molecule has 7 heteroatoms. The van der Waals surface area contributed by atoms with Gasteiger partial charge in [-0.2, -0.15) is 10.1 Å². The van der Waals surface area contributed by atoms with Crippen LogP contribution in [0.4, 0.5) is 5.95 Å². The number of esters is 1. The molecule has 0 amide bonds. The van der Waals surface area contributed by atoms with Crippen molar-refractivity contribution in [2.24, 2.45) is 0 Å². The average molecular weight is 363 g/mol. The summed E-state index contributed by atoms with van der Waals surface area (Å²) in [6.45, 7) is 3.96. The van der Waals surface area contributed by atoms with Gasteiger partial charge in [0.2, 0.25) is 5.95 Å². The molecule has 0 fully saturated rings. The van der Waals surface area contributed by atoms with Crippen molar-refractivity contribution in [3.05, 3.63) is 51.9 Å². The fourth-order valence-electron chi connectivity index (χ4n) is 2.55. The number of allylic oxidation sites excluding steroid dienone is 1. The Kier molecular flexibility index (Phi) is 3.98. The van der Waals surface area contributed by atoms with Gasteiger partial charge in [-0.15, -0.1) is 0 Å².